The molecule has 2 nitrogen and oxygen atoms in total. The molecule has 1 aromatic carbocycles. The third kappa shape index (κ3) is 3.33. The van der Waals surface area contributed by atoms with Gasteiger partial charge in [0.25, 0.3) is 0 Å². The van der Waals surface area contributed by atoms with Gasteiger partial charge in [-0.15, -0.1) is 0 Å². The Balaban J connectivity index is 2.10. The van der Waals surface area contributed by atoms with E-state index in [1.165, 1.54) is 12.0 Å². The Hall–Kier alpha value is -1.35. The maximum atomic E-state index is 4.47. The molecule has 1 heterocycles. The number of aryl methyl sites for hydroxylation is 2. The number of nitrogens with one attached hydrogen (secondary N) is 1. The molecule has 0 bridgehead atoms. The van der Waals surface area contributed by atoms with Crippen molar-refractivity contribution in [2.75, 3.05) is 5.32 Å². The SMILES string of the molecule is CCCc1ccc(Nc2ccc(Br)c(C)n2)cc1. The van der Waals surface area contributed by atoms with Crippen LogP contribution in [0.15, 0.2) is 40.9 Å². The molecule has 1 N–H and O–H groups in total. The van der Waals surface area contributed by atoms with Crippen LogP contribution in [0, 0.1) is 6.92 Å². The molecule has 0 spiro atoms. The Bertz CT molecular complexity index is 521. The van der Waals surface area contributed by atoms with Crippen molar-refractivity contribution in [3.05, 3.63) is 52.1 Å². The molecule has 0 saturated heterocycles. The summed E-state index contributed by atoms with van der Waals surface area (Å²) < 4.78 is 1.03. The number of hydrogen-bond acceptors (Lipinski definition) is 2. The lowest BCUT2D eigenvalue weighted by Crippen LogP contribution is -1.95. The molecule has 94 valence electrons. The zero-order valence-corrected chi connectivity index (χ0v) is 12.3. The molecule has 0 aliphatic carbocycles. The minimum atomic E-state index is 0.874. The molecule has 2 rings (SSSR count). The maximum absolute atomic E-state index is 4.47. The van der Waals surface area contributed by atoms with Gasteiger partial charge in [0, 0.05) is 10.2 Å². The summed E-state index contributed by atoms with van der Waals surface area (Å²) in [5.74, 6) is 0.874. The van der Waals surface area contributed by atoms with Crippen LogP contribution in [0.4, 0.5) is 11.5 Å². The smallest absolute Gasteiger partial charge is 0.130 e. The van der Waals surface area contributed by atoms with Crippen molar-refractivity contribution in [1.29, 1.82) is 0 Å². The van der Waals surface area contributed by atoms with E-state index in [9.17, 15) is 0 Å². The fraction of sp³-hybridized carbons (Fsp3) is 0.267. The molecule has 0 fully saturated rings. The maximum Gasteiger partial charge on any atom is 0.130 e. The van der Waals surface area contributed by atoms with Gasteiger partial charge < -0.3 is 5.32 Å². The van der Waals surface area contributed by atoms with Gasteiger partial charge in [-0.3, -0.25) is 0 Å². The van der Waals surface area contributed by atoms with Crippen LogP contribution < -0.4 is 5.32 Å². The number of benzene rings is 1. The first-order valence-electron chi connectivity index (χ1n) is 6.18. The number of aromatic nitrogens is 1. The molecular weight excluding hydrogens is 288 g/mol. The van der Waals surface area contributed by atoms with Gasteiger partial charge in [-0.2, -0.15) is 0 Å². The van der Waals surface area contributed by atoms with Gasteiger partial charge in [0.2, 0.25) is 0 Å². The van der Waals surface area contributed by atoms with Crippen molar-refractivity contribution < 1.29 is 0 Å². The van der Waals surface area contributed by atoms with Crippen molar-refractivity contribution in [1.82, 2.24) is 4.98 Å². The Morgan fingerprint density at radius 3 is 2.44 bits per heavy atom. The van der Waals surface area contributed by atoms with E-state index in [4.69, 9.17) is 0 Å². The van der Waals surface area contributed by atoms with Gasteiger partial charge in [0.1, 0.15) is 5.82 Å². The summed E-state index contributed by atoms with van der Waals surface area (Å²) in [6.45, 7) is 4.18. The molecule has 0 amide bonds. The predicted molar refractivity (Wildman–Crippen MR) is 80.4 cm³/mol. The van der Waals surface area contributed by atoms with Gasteiger partial charge in [-0.1, -0.05) is 25.5 Å². The van der Waals surface area contributed by atoms with Crippen LogP contribution in [0.5, 0.6) is 0 Å². The molecule has 0 aliphatic rings. The summed E-state index contributed by atoms with van der Waals surface area (Å²) in [5.41, 5.74) is 3.44. The molecule has 0 aliphatic heterocycles. The lowest BCUT2D eigenvalue weighted by atomic mass is 10.1. The van der Waals surface area contributed by atoms with E-state index >= 15 is 0 Å². The Kier molecular flexibility index (Phi) is 4.37. The number of nitrogens with zero attached hydrogens (tertiary/aromatic N) is 1. The molecule has 0 atom stereocenters. The highest BCUT2D eigenvalue weighted by Crippen LogP contribution is 2.20. The van der Waals surface area contributed by atoms with E-state index in [0.29, 0.717) is 0 Å². The van der Waals surface area contributed by atoms with Crippen LogP contribution in [-0.4, -0.2) is 4.98 Å². The van der Waals surface area contributed by atoms with Crippen molar-refractivity contribution in [3.8, 4) is 0 Å². The monoisotopic (exact) mass is 304 g/mol. The summed E-state index contributed by atoms with van der Waals surface area (Å²) in [7, 11) is 0. The van der Waals surface area contributed by atoms with Gasteiger partial charge in [-0.05, 0) is 59.1 Å². The van der Waals surface area contributed by atoms with E-state index in [1.54, 1.807) is 0 Å². The number of hydrogen-bond donors (Lipinski definition) is 1. The van der Waals surface area contributed by atoms with E-state index in [1.807, 2.05) is 19.1 Å². The Labute approximate surface area is 117 Å². The predicted octanol–water partition coefficient (Wildman–Crippen LogP) is 4.85. The number of anilines is 2. The average Bonchev–Trinajstić information content (AvgIpc) is 2.37. The van der Waals surface area contributed by atoms with Gasteiger partial charge in [-0.25, -0.2) is 4.98 Å². The van der Waals surface area contributed by atoms with Crippen LogP contribution in [-0.2, 0) is 6.42 Å². The van der Waals surface area contributed by atoms with Crippen LogP contribution in [0.3, 0.4) is 0 Å². The molecule has 1 aromatic heterocycles. The van der Waals surface area contributed by atoms with E-state index < -0.39 is 0 Å². The summed E-state index contributed by atoms with van der Waals surface area (Å²) in [6, 6.07) is 12.5. The topological polar surface area (TPSA) is 24.9 Å². The lowest BCUT2D eigenvalue weighted by molar-refractivity contribution is 0.922. The summed E-state index contributed by atoms with van der Waals surface area (Å²) in [4.78, 5) is 4.47. The second-order valence-electron chi connectivity index (χ2n) is 4.34. The molecule has 0 radical (unpaired) electrons. The van der Waals surface area contributed by atoms with Gasteiger partial charge >= 0.3 is 0 Å². The normalized spacial score (nSPS) is 10.4. The van der Waals surface area contributed by atoms with E-state index in [0.717, 1.165) is 28.1 Å². The van der Waals surface area contributed by atoms with Crippen LogP contribution >= 0.6 is 15.9 Å². The third-order valence-electron chi connectivity index (χ3n) is 2.79. The van der Waals surface area contributed by atoms with E-state index in [-0.39, 0.29) is 0 Å². The molecule has 2 aromatic rings. The molecule has 3 heteroatoms. The largest absolute Gasteiger partial charge is 0.340 e. The zero-order chi connectivity index (χ0) is 13.0. The summed E-state index contributed by atoms with van der Waals surface area (Å²) >= 11 is 3.45. The van der Waals surface area contributed by atoms with Crippen LogP contribution in [0.2, 0.25) is 0 Å². The Morgan fingerprint density at radius 1 is 1.11 bits per heavy atom. The fourth-order valence-electron chi connectivity index (χ4n) is 1.80. The van der Waals surface area contributed by atoms with Gasteiger partial charge in [0.05, 0.1) is 5.69 Å². The third-order valence-corrected chi connectivity index (χ3v) is 3.62. The number of rotatable bonds is 4. The molecule has 18 heavy (non-hydrogen) atoms. The van der Waals surface area contributed by atoms with Crippen molar-refractivity contribution in [2.24, 2.45) is 0 Å². The first kappa shape index (κ1) is 13.1. The Morgan fingerprint density at radius 2 is 1.83 bits per heavy atom. The minimum Gasteiger partial charge on any atom is -0.340 e. The second kappa shape index (κ2) is 6.01. The molecule has 0 unspecified atom stereocenters. The minimum absolute atomic E-state index is 0.874. The van der Waals surface area contributed by atoms with Crippen molar-refractivity contribution in [3.63, 3.8) is 0 Å². The van der Waals surface area contributed by atoms with Crippen LogP contribution in [0.25, 0.3) is 0 Å². The number of halogens is 1. The first-order valence-corrected chi connectivity index (χ1v) is 6.97. The summed E-state index contributed by atoms with van der Waals surface area (Å²) in [5, 5.41) is 3.31. The zero-order valence-electron chi connectivity index (χ0n) is 10.7. The molecular formula is C15H17BrN2. The fourth-order valence-corrected chi connectivity index (χ4v) is 2.03. The number of pyridine rings is 1. The van der Waals surface area contributed by atoms with Crippen molar-refractivity contribution >= 4 is 27.4 Å². The van der Waals surface area contributed by atoms with E-state index in [2.05, 4.69) is 57.4 Å². The highest BCUT2D eigenvalue weighted by molar-refractivity contribution is 9.10. The van der Waals surface area contributed by atoms with Crippen LogP contribution in [0.1, 0.15) is 24.6 Å². The first-order chi connectivity index (χ1) is 8.69. The average molecular weight is 305 g/mol. The summed E-state index contributed by atoms with van der Waals surface area (Å²) in [6.07, 6.45) is 2.32. The lowest BCUT2D eigenvalue weighted by Gasteiger charge is -2.08. The second-order valence-corrected chi connectivity index (χ2v) is 5.19. The van der Waals surface area contributed by atoms with Gasteiger partial charge in [0.15, 0.2) is 0 Å². The quantitative estimate of drug-likeness (QED) is 0.873. The highest BCUT2D eigenvalue weighted by Gasteiger charge is 2.00. The standard InChI is InChI=1S/C15H17BrN2/c1-3-4-12-5-7-13(8-6-12)18-15-10-9-14(16)11(2)17-15/h5-10H,3-4H2,1-2H3,(H,17,18). The highest BCUT2D eigenvalue weighted by atomic mass is 79.9. The van der Waals surface area contributed by atoms with Crippen molar-refractivity contribution in [2.45, 2.75) is 26.7 Å². The molecule has 0 saturated carbocycles.